The number of carbonyl (C=O) groups is 1. The molecule has 4 rings (SSSR count). The van der Waals surface area contributed by atoms with Gasteiger partial charge in [-0.1, -0.05) is 0 Å². The molecule has 1 aliphatic heterocycles. The van der Waals surface area contributed by atoms with Crippen LogP contribution in [0.15, 0.2) is 11.4 Å². The van der Waals surface area contributed by atoms with Crippen molar-refractivity contribution in [2.75, 3.05) is 13.1 Å². The molecule has 1 saturated heterocycles. The van der Waals surface area contributed by atoms with Crippen LogP contribution in [0, 0.1) is 0 Å². The fourth-order valence-corrected chi connectivity index (χ4v) is 4.25. The van der Waals surface area contributed by atoms with Gasteiger partial charge in [0, 0.05) is 36.1 Å². The molecule has 2 aromatic rings. The topological polar surface area (TPSA) is 38.1 Å². The molecular formula is C15H17N3OS. The van der Waals surface area contributed by atoms with E-state index < -0.39 is 0 Å². The molecule has 0 aromatic carbocycles. The van der Waals surface area contributed by atoms with Gasteiger partial charge in [-0.3, -0.25) is 9.48 Å². The molecule has 2 aliphatic rings. The van der Waals surface area contributed by atoms with Crippen molar-refractivity contribution >= 4 is 17.2 Å². The third kappa shape index (κ3) is 1.66. The Balaban J connectivity index is 1.81. The van der Waals surface area contributed by atoms with Crippen molar-refractivity contribution in [2.45, 2.75) is 25.7 Å². The Morgan fingerprint density at radius 2 is 2.10 bits per heavy atom. The zero-order valence-corrected chi connectivity index (χ0v) is 12.4. The van der Waals surface area contributed by atoms with Crippen LogP contribution in [-0.2, 0) is 19.9 Å². The van der Waals surface area contributed by atoms with Crippen LogP contribution in [0.25, 0.3) is 11.3 Å². The highest BCUT2D eigenvalue weighted by atomic mass is 32.1. The highest BCUT2D eigenvalue weighted by Crippen LogP contribution is 2.38. The Labute approximate surface area is 122 Å². The van der Waals surface area contributed by atoms with Crippen molar-refractivity contribution in [3.8, 4) is 11.3 Å². The quantitative estimate of drug-likeness (QED) is 0.808. The number of hydrogen-bond donors (Lipinski definition) is 0. The first-order valence-electron chi connectivity index (χ1n) is 7.17. The van der Waals surface area contributed by atoms with Crippen LogP contribution < -0.4 is 0 Å². The molecule has 5 heteroatoms. The minimum Gasteiger partial charge on any atom is -0.337 e. The lowest BCUT2D eigenvalue weighted by atomic mass is 9.94. The molecule has 0 bridgehead atoms. The summed E-state index contributed by atoms with van der Waals surface area (Å²) >= 11 is 1.80. The van der Waals surface area contributed by atoms with E-state index >= 15 is 0 Å². The van der Waals surface area contributed by atoms with Crippen LogP contribution in [0.4, 0.5) is 0 Å². The molecule has 0 unspecified atom stereocenters. The lowest BCUT2D eigenvalue weighted by molar-refractivity contribution is 0.0785. The molecule has 2 aromatic heterocycles. The first kappa shape index (κ1) is 12.1. The van der Waals surface area contributed by atoms with E-state index in [1.54, 1.807) is 11.3 Å². The Morgan fingerprint density at radius 3 is 2.90 bits per heavy atom. The van der Waals surface area contributed by atoms with Gasteiger partial charge in [0.2, 0.25) is 0 Å². The van der Waals surface area contributed by atoms with Crippen LogP contribution in [-0.4, -0.2) is 33.7 Å². The third-order valence-electron chi connectivity index (χ3n) is 4.34. The summed E-state index contributed by atoms with van der Waals surface area (Å²) in [7, 11) is 1.95. The minimum atomic E-state index is 0.123. The van der Waals surface area contributed by atoms with Crippen molar-refractivity contribution < 1.29 is 4.79 Å². The fraction of sp³-hybridized carbons (Fsp3) is 0.467. The van der Waals surface area contributed by atoms with Gasteiger partial charge in [0.05, 0.1) is 5.69 Å². The monoisotopic (exact) mass is 287 g/mol. The number of fused-ring (bicyclic) bond motifs is 3. The average molecular weight is 287 g/mol. The molecule has 0 saturated carbocycles. The Morgan fingerprint density at radius 1 is 1.30 bits per heavy atom. The number of hydrogen-bond acceptors (Lipinski definition) is 3. The summed E-state index contributed by atoms with van der Waals surface area (Å²) in [5, 5.41) is 6.68. The van der Waals surface area contributed by atoms with Gasteiger partial charge in [-0.15, -0.1) is 11.3 Å². The van der Waals surface area contributed by atoms with Crippen molar-refractivity contribution in [1.82, 2.24) is 14.7 Å². The van der Waals surface area contributed by atoms with E-state index in [-0.39, 0.29) is 5.91 Å². The lowest BCUT2D eigenvalue weighted by Gasteiger charge is -2.16. The predicted octanol–water partition coefficient (Wildman–Crippen LogP) is 2.48. The molecule has 0 N–H and O–H groups in total. The van der Waals surface area contributed by atoms with Crippen molar-refractivity contribution in [2.24, 2.45) is 7.05 Å². The van der Waals surface area contributed by atoms with Crippen LogP contribution in [0.2, 0.25) is 0 Å². The zero-order valence-electron chi connectivity index (χ0n) is 11.6. The van der Waals surface area contributed by atoms with Gasteiger partial charge in [0.15, 0.2) is 5.69 Å². The maximum absolute atomic E-state index is 12.6. The second-order valence-electron chi connectivity index (χ2n) is 5.56. The summed E-state index contributed by atoms with van der Waals surface area (Å²) in [6, 6.07) is 2.16. The van der Waals surface area contributed by atoms with Crippen LogP contribution in [0.3, 0.4) is 0 Å². The standard InChI is InChI=1S/C15H17N3OS/c1-17-14-10-6-9-20-12(10)5-4-11(14)13(16-17)15(19)18-7-2-3-8-18/h6,9H,2-5,7-8H2,1H3. The fourth-order valence-electron chi connectivity index (χ4n) is 3.37. The van der Waals surface area contributed by atoms with Gasteiger partial charge in [-0.25, -0.2) is 0 Å². The first-order valence-corrected chi connectivity index (χ1v) is 8.05. The maximum atomic E-state index is 12.6. The number of nitrogens with zero attached hydrogens (tertiary/aromatic N) is 3. The predicted molar refractivity (Wildman–Crippen MR) is 79.1 cm³/mol. The number of rotatable bonds is 1. The van der Waals surface area contributed by atoms with Gasteiger partial charge in [-0.2, -0.15) is 5.10 Å². The molecule has 20 heavy (non-hydrogen) atoms. The summed E-state index contributed by atoms with van der Waals surface area (Å²) in [5.41, 5.74) is 4.25. The average Bonchev–Trinajstić information content (AvgIpc) is 3.16. The van der Waals surface area contributed by atoms with Crippen molar-refractivity contribution in [3.63, 3.8) is 0 Å². The molecule has 0 radical (unpaired) electrons. The molecule has 4 nitrogen and oxygen atoms in total. The second-order valence-corrected chi connectivity index (χ2v) is 6.56. The Kier molecular flexibility index (Phi) is 2.70. The zero-order chi connectivity index (χ0) is 13.7. The lowest BCUT2D eigenvalue weighted by Crippen LogP contribution is -2.29. The summed E-state index contributed by atoms with van der Waals surface area (Å²) in [4.78, 5) is 16.0. The third-order valence-corrected chi connectivity index (χ3v) is 5.32. The largest absolute Gasteiger partial charge is 0.337 e. The summed E-state index contributed by atoms with van der Waals surface area (Å²) in [6.45, 7) is 1.77. The summed E-state index contributed by atoms with van der Waals surface area (Å²) < 4.78 is 1.89. The molecule has 0 spiro atoms. The SMILES string of the molecule is Cn1nc(C(=O)N2CCCC2)c2c1-c1ccsc1CC2. The molecule has 1 aliphatic carbocycles. The van der Waals surface area contributed by atoms with Crippen LogP contribution in [0.5, 0.6) is 0 Å². The van der Waals surface area contributed by atoms with Crippen molar-refractivity contribution in [1.29, 1.82) is 0 Å². The molecular weight excluding hydrogens is 270 g/mol. The Hall–Kier alpha value is -1.62. The highest BCUT2D eigenvalue weighted by Gasteiger charge is 2.30. The molecule has 1 amide bonds. The number of amides is 1. The highest BCUT2D eigenvalue weighted by molar-refractivity contribution is 7.10. The van der Waals surface area contributed by atoms with Gasteiger partial charge >= 0.3 is 0 Å². The van der Waals surface area contributed by atoms with Crippen LogP contribution >= 0.6 is 11.3 Å². The molecule has 1 fully saturated rings. The number of aromatic nitrogens is 2. The molecule has 104 valence electrons. The van der Waals surface area contributed by atoms with E-state index in [2.05, 4.69) is 16.5 Å². The summed E-state index contributed by atoms with van der Waals surface area (Å²) in [5.74, 6) is 0.123. The smallest absolute Gasteiger partial charge is 0.274 e. The van der Waals surface area contributed by atoms with Gasteiger partial charge in [-0.05, 0) is 37.1 Å². The Bertz CT molecular complexity index is 679. The van der Waals surface area contributed by atoms with E-state index in [4.69, 9.17) is 0 Å². The van der Waals surface area contributed by atoms with Gasteiger partial charge < -0.3 is 4.90 Å². The van der Waals surface area contributed by atoms with E-state index in [9.17, 15) is 4.79 Å². The second kappa shape index (κ2) is 4.45. The number of aryl methyl sites for hydroxylation is 2. The van der Waals surface area contributed by atoms with Gasteiger partial charge in [0.25, 0.3) is 5.91 Å². The van der Waals surface area contributed by atoms with E-state index in [0.29, 0.717) is 5.69 Å². The van der Waals surface area contributed by atoms with E-state index in [1.807, 2.05) is 16.6 Å². The minimum absolute atomic E-state index is 0.123. The normalized spacial score (nSPS) is 17.1. The number of likely N-dealkylation sites (tertiary alicyclic amines) is 1. The molecule has 0 atom stereocenters. The number of thiophene rings is 1. The van der Waals surface area contributed by atoms with E-state index in [1.165, 1.54) is 10.4 Å². The maximum Gasteiger partial charge on any atom is 0.274 e. The first-order chi connectivity index (χ1) is 9.75. The van der Waals surface area contributed by atoms with Crippen molar-refractivity contribution in [3.05, 3.63) is 27.6 Å². The van der Waals surface area contributed by atoms with E-state index in [0.717, 1.165) is 50.0 Å². The number of carbonyl (C=O) groups excluding carboxylic acids is 1. The van der Waals surface area contributed by atoms with Gasteiger partial charge in [0.1, 0.15) is 0 Å². The summed E-state index contributed by atoms with van der Waals surface area (Å²) in [6.07, 6.45) is 4.21. The molecule has 3 heterocycles. The van der Waals surface area contributed by atoms with Crippen LogP contribution in [0.1, 0.15) is 33.8 Å².